The standard InChI is InChI=1S/C23H33N3O4.C14H17N3O2/c1-22(2,3)29-20(27)16-26-10-9-17-15-18(7-8-19(17)26)24-11-13-25(14-12-24)21(28)30-23(4,5)6;18-14(19)10-17-6-3-11-9-12(1-2-13(11)17)16-7-4-15-5-8-16/h7-10,15H,11-14,16H2,1-6H3;1-3,6,9,15H,4-5,7-8,10H2,(H,18,19). The van der Waals surface area contributed by atoms with Crippen LogP contribution in [0.1, 0.15) is 41.5 Å². The summed E-state index contributed by atoms with van der Waals surface area (Å²) < 4.78 is 14.6. The first-order chi connectivity index (χ1) is 23.1. The molecule has 2 aromatic carbocycles. The van der Waals surface area contributed by atoms with Gasteiger partial charge in [-0.3, -0.25) is 9.59 Å². The van der Waals surface area contributed by atoms with Crippen LogP contribution in [0.15, 0.2) is 60.9 Å². The number of amides is 1. The molecule has 49 heavy (non-hydrogen) atoms. The minimum atomic E-state index is -0.816. The van der Waals surface area contributed by atoms with E-state index >= 15 is 0 Å². The van der Waals surface area contributed by atoms with Crippen molar-refractivity contribution in [3.05, 3.63) is 60.9 Å². The number of carbonyl (C=O) groups is 3. The molecule has 2 aromatic heterocycles. The zero-order valence-corrected chi connectivity index (χ0v) is 29.6. The number of carboxylic acids is 1. The second-order valence-corrected chi connectivity index (χ2v) is 14.5. The molecule has 1 amide bonds. The average molecular weight is 675 g/mol. The number of carbonyl (C=O) groups excluding carboxylic acids is 2. The molecule has 0 saturated carbocycles. The molecule has 2 fully saturated rings. The van der Waals surface area contributed by atoms with Crippen molar-refractivity contribution in [3.8, 4) is 0 Å². The lowest BCUT2D eigenvalue weighted by Gasteiger charge is -2.36. The molecule has 4 heterocycles. The monoisotopic (exact) mass is 674 g/mol. The Morgan fingerprint density at radius 3 is 1.65 bits per heavy atom. The van der Waals surface area contributed by atoms with Gasteiger partial charge in [0.25, 0.3) is 0 Å². The number of piperazine rings is 2. The Hall–Kier alpha value is -4.71. The van der Waals surface area contributed by atoms with Gasteiger partial charge in [0.05, 0.1) is 0 Å². The molecule has 0 atom stereocenters. The SMILES string of the molecule is CC(C)(C)OC(=O)Cn1ccc2cc(N3CCN(C(=O)OC(C)(C)C)CC3)ccc21.O=C(O)Cn1ccc2cc(N3CCNCC3)ccc21. The number of aromatic nitrogens is 2. The summed E-state index contributed by atoms with van der Waals surface area (Å²) in [5, 5.41) is 14.4. The molecule has 2 aliphatic rings. The molecule has 0 aliphatic carbocycles. The van der Waals surface area contributed by atoms with Crippen LogP contribution in [0.4, 0.5) is 16.2 Å². The third kappa shape index (κ3) is 9.69. The molecule has 6 rings (SSSR count). The van der Waals surface area contributed by atoms with Crippen molar-refractivity contribution >= 4 is 51.2 Å². The molecule has 12 nitrogen and oxygen atoms in total. The van der Waals surface area contributed by atoms with E-state index in [-0.39, 0.29) is 25.2 Å². The van der Waals surface area contributed by atoms with E-state index in [1.54, 1.807) is 9.47 Å². The maximum absolute atomic E-state index is 12.3. The van der Waals surface area contributed by atoms with Gasteiger partial charge >= 0.3 is 18.0 Å². The lowest BCUT2D eigenvalue weighted by molar-refractivity contribution is -0.155. The lowest BCUT2D eigenvalue weighted by atomic mass is 10.2. The molecule has 12 heteroatoms. The Bertz CT molecular complexity index is 1770. The van der Waals surface area contributed by atoms with E-state index in [1.165, 1.54) is 5.69 Å². The number of rotatable bonds is 6. The third-order valence-electron chi connectivity index (χ3n) is 8.31. The third-order valence-corrected chi connectivity index (χ3v) is 8.31. The van der Waals surface area contributed by atoms with Gasteiger partial charge in [0.2, 0.25) is 0 Å². The minimum absolute atomic E-state index is 0.0104. The van der Waals surface area contributed by atoms with Crippen molar-refractivity contribution in [2.75, 3.05) is 62.2 Å². The Kier molecular flexibility index (Phi) is 10.8. The summed E-state index contributed by atoms with van der Waals surface area (Å²) in [4.78, 5) is 41.6. The first kappa shape index (κ1) is 35.6. The number of fused-ring (bicyclic) bond motifs is 2. The molecule has 0 unspecified atom stereocenters. The predicted octanol–water partition coefficient (Wildman–Crippen LogP) is 5.18. The number of hydrogen-bond acceptors (Lipinski definition) is 8. The van der Waals surface area contributed by atoms with Gasteiger partial charge in [-0.05, 0) is 90.1 Å². The quantitative estimate of drug-likeness (QED) is 0.267. The fourth-order valence-electron chi connectivity index (χ4n) is 6.10. The fraction of sp³-hybridized carbons (Fsp3) is 0.486. The van der Waals surface area contributed by atoms with Crippen LogP contribution in [-0.4, -0.2) is 101 Å². The minimum Gasteiger partial charge on any atom is -0.480 e. The van der Waals surface area contributed by atoms with Gasteiger partial charge in [-0.1, -0.05) is 0 Å². The summed E-state index contributed by atoms with van der Waals surface area (Å²) in [6, 6.07) is 16.4. The second kappa shape index (κ2) is 14.8. The largest absolute Gasteiger partial charge is 0.480 e. The molecule has 4 aromatic rings. The van der Waals surface area contributed by atoms with Crippen LogP contribution in [0.25, 0.3) is 21.8 Å². The summed E-state index contributed by atoms with van der Waals surface area (Å²) in [6.45, 7) is 18.3. The highest BCUT2D eigenvalue weighted by molar-refractivity contribution is 5.86. The van der Waals surface area contributed by atoms with E-state index in [1.807, 2.05) is 82.8 Å². The number of hydrogen-bond donors (Lipinski definition) is 2. The first-order valence-electron chi connectivity index (χ1n) is 17.0. The van der Waals surface area contributed by atoms with Gasteiger partial charge in [0.1, 0.15) is 24.3 Å². The molecule has 2 aliphatic heterocycles. The normalized spacial score (nSPS) is 15.6. The van der Waals surface area contributed by atoms with E-state index in [2.05, 4.69) is 39.4 Å². The van der Waals surface area contributed by atoms with Crippen LogP contribution in [0.2, 0.25) is 0 Å². The van der Waals surface area contributed by atoms with Crippen LogP contribution >= 0.6 is 0 Å². The Balaban J connectivity index is 0.000000211. The van der Waals surface area contributed by atoms with Crippen molar-refractivity contribution in [2.24, 2.45) is 0 Å². The van der Waals surface area contributed by atoms with E-state index in [9.17, 15) is 14.4 Å². The Labute approximate surface area is 288 Å². The average Bonchev–Trinajstić information content (AvgIpc) is 3.62. The van der Waals surface area contributed by atoms with E-state index < -0.39 is 17.2 Å². The Morgan fingerprint density at radius 2 is 1.16 bits per heavy atom. The van der Waals surface area contributed by atoms with Crippen LogP contribution in [0.5, 0.6) is 0 Å². The number of benzene rings is 2. The van der Waals surface area contributed by atoms with Crippen molar-refractivity contribution in [3.63, 3.8) is 0 Å². The van der Waals surface area contributed by atoms with E-state index in [0.29, 0.717) is 13.1 Å². The fourth-order valence-corrected chi connectivity index (χ4v) is 6.10. The number of nitrogens with one attached hydrogen (secondary N) is 1. The van der Waals surface area contributed by atoms with E-state index in [4.69, 9.17) is 14.6 Å². The van der Waals surface area contributed by atoms with Gasteiger partial charge in [-0.25, -0.2) is 4.79 Å². The van der Waals surface area contributed by atoms with Gasteiger partial charge in [-0.2, -0.15) is 0 Å². The molecule has 2 N–H and O–H groups in total. The number of nitrogens with zero attached hydrogens (tertiary/aromatic N) is 5. The zero-order chi connectivity index (χ0) is 35.3. The van der Waals surface area contributed by atoms with Crippen LogP contribution in [-0.2, 0) is 32.2 Å². The van der Waals surface area contributed by atoms with Crippen molar-refractivity contribution < 1.29 is 29.0 Å². The molecule has 0 bridgehead atoms. The predicted molar refractivity (Wildman–Crippen MR) is 192 cm³/mol. The van der Waals surface area contributed by atoms with Gasteiger partial charge in [-0.15, -0.1) is 0 Å². The maximum Gasteiger partial charge on any atom is 0.410 e. The van der Waals surface area contributed by atoms with Crippen LogP contribution < -0.4 is 15.1 Å². The van der Waals surface area contributed by atoms with Gasteiger partial charge < -0.3 is 43.7 Å². The molecular formula is C37H50N6O6. The molecule has 2 saturated heterocycles. The van der Waals surface area contributed by atoms with Crippen molar-refractivity contribution in [2.45, 2.75) is 65.8 Å². The number of anilines is 2. The Morgan fingerprint density at radius 1 is 0.673 bits per heavy atom. The topological polar surface area (TPSA) is 122 Å². The van der Waals surface area contributed by atoms with Crippen molar-refractivity contribution in [1.29, 1.82) is 0 Å². The number of aliphatic carboxylic acids is 1. The lowest BCUT2D eigenvalue weighted by Crippen LogP contribution is -2.50. The summed E-state index contributed by atoms with van der Waals surface area (Å²) in [5.41, 5.74) is 3.32. The van der Waals surface area contributed by atoms with Gasteiger partial charge in [0, 0.05) is 97.9 Å². The number of esters is 1. The molecular weight excluding hydrogens is 624 g/mol. The molecule has 264 valence electrons. The summed E-state index contributed by atoms with van der Waals surface area (Å²) in [6.07, 6.45) is 3.50. The van der Waals surface area contributed by atoms with Gasteiger partial charge in [0.15, 0.2) is 0 Å². The zero-order valence-electron chi connectivity index (χ0n) is 29.6. The number of ether oxygens (including phenoxy) is 2. The summed E-state index contributed by atoms with van der Waals surface area (Å²) in [7, 11) is 0. The highest BCUT2D eigenvalue weighted by Crippen LogP contribution is 2.26. The highest BCUT2D eigenvalue weighted by Gasteiger charge is 2.26. The van der Waals surface area contributed by atoms with Crippen LogP contribution in [0.3, 0.4) is 0 Å². The van der Waals surface area contributed by atoms with E-state index in [0.717, 1.165) is 66.8 Å². The summed E-state index contributed by atoms with van der Waals surface area (Å²) in [5.74, 6) is -1.06. The summed E-state index contributed by atoms with van der Waals surface area (Å²) >= 11 is 0. The highest BCUT2D eigenvalue weighted by atomic mass is 16.6. The first-order valence-corrected chi connectivity index (χ1v) is 17.0. The van der Waals surface area contributed by atoms with Crippen molar-refractivity contribution in [1.82, 2.24) is 19.4 Å². The molecule has 0 radical (unpaired) electrons. The second-order valence-electron chi connectivity index (χ2n) is 14.5. The maximum atomic E-state index is 12.3. The number of carboxylic acid groups (broad SMARTS) is 1. The van der Waals surface area contributed by atoms with Crippen LogP contribution in [0, 0.1) is 0 Å². The molecule has 0 spiro atoms. The smallest absolute Gasteiger partial charge is 0.410 e.